The fourth-order valence-corrected chi connectivity index (χ4v) is 1.68. The quantitative estimate of drug-likeness (QED) is 0.732. The van der Waals surface area contributed by atoms with Gasteiger partial charge in [-0.1, -0.05) is 24.3 Å². The fourth-order valence-electron chi connectivity index (χ4n) is 1.38. The van der Waals surface area contributed by atoms with Crippen LogP contribution in [0.3, 0.4) is 0 Å². The second-order valence-corrected chi connectivity index (χ2v) is 3.92. The zero-order valence-corrected chi connectivity index (χ0v) is 7.83. The number of aromatic amines is 1. The van der Waals surface area contributed by atoms with E-state index in [1.54, 1.807) is 6.20 Å². The van der Waals surface area contributed by atoms with Crippen molar-refractivity contribution in [3.05, 3.63) is 36.2 Å². The molecule has 0 fully saturated rings. The van der Waals surface area contributed by atoms with Gasteiger partial charge in [0, 0.05) is 6.42 Å². The van der Waals surface area contributed by atoms with Crippen LogP contribution in [-0.4, -0.2) is 20.3 Å². The van der Waals surface area contributed by atoms with E-state index in [4.69, 9.17) is 11.6 Å². The van der Waals surface area contributed by atoms with Gasteiger partial charge in [-0.25, -0.2) is 0 Å². The normalized spacial score (nSPS) is 26.5. The first-order valence-corrected chi connectivity index (χ1v) is 4.54. The van der Waals surface area contributed by atoms with Crippen LogP contribution >= 0.6 is 11.6 Å². The Kier molecular flexibility index (Phi) is 2.19. The van der Waals surface area contributed by atoms with Crippen molar-refractivity contribution in [1.29, 1.82) is 0 Å². The van der Waals surface area contributed by atoms with E-state index in [-0.39, 0.29) is 4.87 Å². The summed E-state index contributed by atoms with van der Waals surface area (Å²) in [7, 11) is 0. The van der Waals surface area contributed by atoms with Gasteiger partial charge >= 0.3 is 0 Å². The molecule has 1 unspecified atom stereocenters. The molecule has 4 heteroatoms. The van der Waals surface area contributed by atoms with Crippen molar-refractivity contribution < 1.29 is 0 Å². The third kappa shape index (κ3) is 1.98. The van der Waals surface area contributed by atoms with Gasteiger partial charge in [0.25, 0.3) is 0 Å². The number of halogens is 1. The number of alkyl halides is 1. The van der Waals surface area contributed by atoms with Crippen LogP contribution in [0, 0.1) is 0 Å². The van der Waals surface area contributed by atoms with Crippen LogP contribution in [0.2, 0.25) is 0 Å². The maximum Gasteiger partial charge on any atom is 0.0845 e. The predicted octanol–water partition coefficient (Wildman–Crippen LogP) is 1.84. The number of hydrogen-bond acceptors (Lipinski definition) is 2. The predicted molar refractivity (Wildman–Crippen MR) is 51.6 cm³/mol. The van der Waals surface area contributed by atoms with Crippen LogP contribution in [-0.2, 0) is 6.42 Å². The minimum absolute atomic E-state index is 0.314. The number of hydrogen-bond donors (Lipinski definition) is 1. The molecule has 0 amide bonds. The van der Waals surface area contributed by atoms with Crippen molar-refractivity contribution in [2.45, 2.75) is 17.7 Å². The summed E-state index contributed by atoms with van der Waals surface area (Å²) in [6.07, 6.45) is 11.3. The standard InChI is InChI=1S/C9H10ClN3/c10-9(4-2-1-3-5-9)6-8-7-11-13-12-8/h1-4,7H,5-6H2,(H,11,12,13). The maximum absolute atomic E-state index is 6.35. The lowest BCUT2D eigenvalue weighted by atomic mass is 9.95. The number of rotatable bonds is 2. The molecular weight excluding hydrogens is 186 g/mol. The van der Waals surface area contributed by atoms with Gasteiger partial charge in [-0.05, 0) is 6.42 Å². The van der Waals surface area contributed by atoms with E-state index in [1.807, 2.05) is 18.2 Å². The monoisotopic (exact) mass is 195 g/mol. The van der Waals surface area contributed by atoms with Crippen LogP contribution in [0.5, 0.6) is 0 Å². The number of nitrogens with one attached hydrogen (secondary N) is 1. The lowest BCUT2D eigenvalue weighted by molar-refractivity contribution is 0.681. The average Bonchev–Trinajstić information content (AvgIpc) is 2.57. The van der Waals surface area contributed by atoms with Gasteiger partial charge in [-0.2, -0.15) is 15.4 Å². The lowest BCUT2D eigenvalue weighted by Crippen LogP contribution is -2.22. The summed E-state index contributed by atoms with van der Waals surface area (Å²) < 4.78 is 0. The fraction of sp³-hybridized carbons (Fsp3) is 0.333. The van der Waals surface area contributed by atoms with Gasteiger partial charge in [0.05, 0.1) is 16.8 Å². The minimum atomic E-state index is -0.314. The van der Waals surface area contributed by atoms with E-state index in [9.17, 15) is 0 Å². The Hall–Kier alpha value is -1.09. The largest absolute Gasteiger partial charge is 0.198 e. The molecule has 1 aliphatic carbocycles. The van der Waals surface area contributed by atoms with Gasteiger partial charge in [0.2, 0.25) is 0 Å². The summed E-state index contributed by atoms with van der Waals surface area (Å²) in [5.41, 5.74) is 0.898. The maximum atomic E-state index is 6.35. The average molecular weight is 196 g/mol. The Morgan fingerprint density at radius 3 is 3.08 bits per heavy atom. The van der Waals surface area contributed by atoms with Gasteiger partial charge in [-0.15, -0.1) is 11.6 Å². The zero-order chi connectivity index (χ0) is 9.15. The van der Waals surface area contributed by atoms with Gasteiger partial charge < -0.3 is 0 Å². The molecule has 1 aromatic rings. The molecule has 2 rings (SSSR count). The summed E-state index contributed by atoms with van der Waals surface area (Å²) >= 11 is 6.35. The van der Waals surface area contributed by atoms with Crippen molar-refractivity contribution >= 4 is 11.6 Å². The minimum Gasteiger partial charge on any atom is -0.198 e. The lowest BCUT2D eigenvalue weighted by Gasteiger charge is -2.22. The first-order chi connectivity index (χ1) is 6.29. The summed E-state index contributed by atoms with van der Waals surface area (Å²) in [4.78, 5) is -0.314. The molecule has 0 aliphatic heterocycles. The van der Waals surface area contributed by atoms with Crippen LogP contribution in [0.4, 0.5) is 0 Å². The molecule has 1 aliphatic rings. The van der Waals surface area contributed by atoms with E-state index in [0.717, 1.165) is 12.1 Å². The SMILES string of the molecule is ClC1(Cc2cn[nH]n2)C=CC=CC1. The Labute approximate surface area is 81.5 Å². The Morgan fingerprint density at radius 1 is 1.54 bits per heavy atom. The molecule has 3 nitrogen and oxygen atoms in total. The van der Waals surface area contributed by atoms with Gasteiger partial charge in [-0.3, -0.25) is 0 Å². The summed E-state index contributed by atoms with van der Waals surface area (Å²) in [6, 6.07) is 0. The van der Waals surface area contributed by atoms with E-state index in [1.165, 1.54) is 0 Å². The number of H-pyrrole nitrogens is 1. The summed E-state index contributed by atoms with van der Waals surface area (Å²) in [5.74, 6) is 0. The molecule has 68 valence electrons. The molecule has 13 heavy (non-hydrogen) atoms. The Balaban J connectivity index is 2.09. The van der Waals surface area contributed by atoms with Crippen LogP contribution in [0.15, 0.2) is 30.5 Å². The molecule has 1 aromatic heterocycles. The highest BCUT2D eigenvalue weighted by molar-refractivity contribution is 6.25. The van der Waals surface area contributed by atoms with Crippen molar-refractivity contribution in [1.82, 2.24) is 15.4 Å². The third-order valence-electron chi connectivity index (χ3n) is 2.04. The first-order valence-electron chi connectivity index (χ1n) is 4.16. The number of allylic oxidation sites excluding steroid dienone is 4. The van der Waals surface area contributed by atoms with Crippen molar-refractivity contribution in [2.75, 3.05) is 0 Å². The molecule has 1 heterocycles. The van der Waals surface area contributed by atoms with E-state index >= 15 is 0 Å². The molecule has 1 N–H and O–H groups in total. The summed E-state index contributed by atoms with van der Waals surface area (Å²) in [6.45, 7) is 0. The highest BCUT2D eigenvalue weighted by Crippen LogP contribution is 2.28. The van der Waals surface area contributed by atoms with Crippen molar-refractivity contribution in [3.63, 3.8) is 0 Å². The molecule has 0 saturated heterocycles. The molecule has 0 saturated carbocycles. The van der Waals surface area contributed by atoms with Crippen LogP contribution in [0.1, 0.15) is 12.1 Å². The molecule has 0 spiro atoms. The topological polar surface area (TPSA) is 41.6 Å². The second-order valence-electron chi connectivity index (χ2n) is 3.16. The summed E-state index contributed by atoms with van der Waals surface area (Å²) in [5, 5.41) is 10.3. The number of aromatic nitrogens is 3. The smallest absolute Gasteiger partial charge is 0.0845 e. The molecule has 1 atom stereocenters. The van der Waals surface area contributed by atoms with Gasteiger partial charge in [0.1, 0.15) is 0 Å². The highest BCUT2D eigenvalue weighted by atomic mass is 35.5. The molecule has 0 radical (unpaired) electrons. The van der Waals surface area contributed by atoms with Crippen LogP contribution < -0.4 is 0 Å². The molecule has 0 aromatic carbocycles. The zero-order valence-electron chi connectivity index (χ0n) is 7.07. The second kappa shape index (κ2) is 3.34. The van der Waals surface area contributed by atoms with E-state index in [2.05, 4.69) is 21.5 Å². The van der Waals surface area contributed by atoms with E-state index < -0.39 is 0 Å². The molecule has 0 bridgehead atoms. The third-order valence-corrected chi connectivity index (χ3v) is 2.45. The van der Waals surface area contributed by atoms with Gasteiger partial charge in [0.15, 0.2) is 0 Å². The number of nitrogens with zero attached hydrogens (tertiary/aromatic N) is 2. The van der Waals surface area contributed by atoms with E-state index in [0.29, 0.717) is 6.42 Å². The Morgan fingerprint density at radius 2 is 2.46 bits per heavy atom. The highest BCUT2D eigenvalue weighted by Gasteiger charge is 2.25. The Bertz CT molecular complexity index is 329. The van der Waals surface area contributed by atoms with Crippen molar-refractivity contribution in [2.24, 2.45) is 0 Å². The first kappa shape index (κ1) is 8.51. The van der Waals surface area contributed by atoms with Crippen LogP contribution in [0.25, 0.3) is 0 Å². The van der Waals surface area contributed by atoms with Crippen molar-refractivity contribution in [3.8, 4) is 0 Å². The molecular formula is C9H10ClN3.